The number of sulfonamides is 1. The van der Waals surface area contributed by atoms with E-state index < -0.39 is 25.4 Å². The predicted molar refractivity (Wildman–Crippen MR) is 99.8 cm³/mol. The van der Waals surface area contributed by atoms with Crippen molar-refractivity contribution in [1.29, 1.82) is 0 Å². The largest absolute Gasteiger partial charge is 0.390 e. The van der Waals surface area contributed by atoms with Crippen LogP contribution in [0.3, 0.4) is 0 Å². The number of halogens is 3. The molecule has 2 rings (SSSR count). The van der Waals surface area contributed by atoms with Crippen LogP contribution in [0, 0.1) is 17.0 Å². The van der Waals surface area contributed by atoms with Gasteiger partial charge in [-0.1, -0.05) is 51.8 Å². The van der Waals surface area contributed by atoms with E-state index in [-0.39, 0.29) is 10.5 Å². The van der Waals surface area contributed by atoms with Gasteiger partial charge in [-0.15, -0.1) is 0 Å². The van der Waals surface area contributed by atoms with E-state index in [1.165, 1.54) is 18.2 Å². The average Bonchev–Trinajstić information content (AvgIpc) is 2.53. The van der Waals surface area contributed by atoms with E-state index in [0.29, 0.717) is 4.47 Å². The molecule has 0 saturated carbocycles. The predicted octanol–water partition coefficient (Wildman–Crippen LogP) is 4.19. The van der Waals surface area contributed by atoms with Crippen molar-refractivity contribution in [1.82, 2.24) is 4.72 Å². The average molecular weight is 468 g/mol. The standard InChI is InChI=1S/C15H13BrCl2N2O4S/c1-10-6-8-11(9-7-10)25(23,24)19-14(15(17,18)20(21)22)12-4-2-3-5-13(12)16/h2-9,14,19H,1H3/t14-/m1/s1. The summed E-state index contributed by atoms with van der Waals surface area (Å²) in [6, 6.07) is 10.9. The van der Waals surface area contributed by atoms with Crippen LogP contribution in [0.2, 0.25) is 0 Å². The number of benzene rings is 2. The highest BCUT2D eigenvalue weighted by Gasteiger charge is 2.50. The van der Waals surface area contributed by atoms with Crippen LogP contribution in [-0.4, -0.2) is 17.8 Å². The molecule has 0 aliphatic rings. The first-order valence-electron chi connectivity index (χ1n) is 6.91. The quantitative estimate of drug-likeness (QED) is 0.298. The molecule has 0 heterocycles. The molecule has 0 bridgehead atoms. The molecular weight excluding hydrogens is 455 g/mol. The fraction of sp³-hybridized carbons (Fsp3) is 0.200. The first-order chi connectivity index (χ1) is 11.6. The Bertz CT molecular complexity index is 889. The highest BCUT2D eigenvalue weighted by Crippen LogP contribution is 2.40. The number of nitrogens with one attached hydrogen (secondary N) is 1. The number of hydrogen-bond donors (Lipinski definition) is 1. The maximum Gasteiger partial charge on any atom is 0.390 e. The minimum atomic E-state index is -4.10. The van der Waals surface area contributed by atoms with Crippen LogP contribution in [0.15, 0.2) is 57.9 Å². The van der Waals surface area contributed by atoms with Crippen molar-refractivity contribution in [3.8, 4) is 0 Å². The Hall–Kier alpha value is -1.19. The third kappa shape index (κ3) is 4.51. The molecule has 0 aromatic heterocycles. The molecule has 2 aromatic rings. The molecule has 0 radical (unpaired) electrons. The zero-order valence-electron chi connectivity index (χ0n) is 12.8. The van der Waals surface area contributed by atoms with E-state index in [9.17, 15) is 18.5 Å². The summed E-state index contributed by atoms with van der Waals surface area (Å²) in [6.07, 6.45) is 0. The Morgan fingerprint density at radius 1 is 1.16 bits per heavy atom. The van der Waals surface area contributed by atoms with E-state index in [1.807, 2.05) is 6.92 Å². The van der Waals surface area contributed by atoms with Gasteiger partial charge in [-0.25, -0.2) is 8.42 Å². The summed E-state index contributed by atoms with van der Waals surface area (Å²) >= 11 is 15.0. The first kappa shape index (κ1) is 20.1. The maximum absolute atomic E-state index is 12.6. The number of rotatable bonds is 6. The van der Waals surface area contributed by atoms with Crippen LogP contribution >= 0.6 is 39.1 Å². The second kappa shape index (κ2) is 7.59. The van der Waals surface area contributed by atoms with Crippen LogP contribution in [0.5, 0.6) is 0 Å². The van der Waals surface area contributed by atoms with Crippen LogP contribution in [0.1, 0.15) is 17.2 Å². The van der Waals surface area contributed by atoms with Crippen molar-refractivity contribution >= 4 is 49.2 Å². The summed E-state index contributed by atoms with van der Waals surface area (Å²) in [5.74, 6) is 0. The van der Waals surface area contributed by atoms with Gasteiger partial charge in [0, 0.05) is 4.47 Å². The lowest BCUT2D eigenvalue weighted by Gasteiger charge is -2.24. The minimum Gasteiger partial charge on any atom is -0.261 e. The molecule has 1 atom stereocenters. The van der Waals surface area contributed by atoms with E-state index in [0.717, 1.165) is 5.56 Å². The van der Waals surface area contributed by atoms with Gasteiger partial charge in [-0.05, 0) is 53.9 Å². The monoisotopic (exact) mass is 466 g/mol. The zero-order valence-corrected chi connectivity index (χ0v) is 16.7. The number of hydrogen-bond acceptors (Lipinski definition) is 4. The van der Waals surface area contributed by atoms with Crippen LogP contribution in [0.25, 0.3) is 0 Å². The molecule has 0 aliphatic heterocycles. The number of nitrogens with zero attached hydrogens (tertiary/aromatic N) is 1. The molecule has 25 heavy (non-hydrogen) atoms. The molecule has 6 nitrogen and oxygen atoms in total. The van der Waals surface area contributed by atoms with Gasteiger partial charge in [0.25, 0.3) is 0 Å². The van der Waals surface area contributed by atoms with E-state index in [1.54, 1.807) is 30.3 Å². The van der Waals surface area contributed by atoms with Gasteiger partial charge in [0.05, 0.1) is 9.82 Å². The lowest BCUT2D eigenvalue weighted by atomic mass is 10.1. The molecule has 0 spiro atoms. The summed E-state index contributed by atoms with van der Waals surface area (Å²) in [6.45, 7) is 1.81. The SMILES string of the molecule is Cc1ccc(S(=O)(=O)N[C@H](c2ccccc2Br)C(Cl)(Cl)[N+](=O)[O-])cc1. The summed E-state index contributed by atoms with van der Waals surface area (Å²) in [4.78, 5) is 10.3. The smallest absolute Gasteiger partial charge is 0.261 e. The molecule has 134 valence electrons. The van der Waals surface area contributed by atoms with E-state index in [2.05, 4.69) is 20.7 Å². The molecule has 0 saturated heterocycles. The molecule has 0 aliphatic carbocycles. The molecule has 0 fully saturated rings. The maximum atomic E-state index is 12.6. The third-order valence-corrected chi connectivity index (χ3v) is 6.28. The Balaban J connectivity index is 2.52. The van der Waals surface area contributed by atoms with Crippen LogP contribution < -0.4 is 4.72 Å². The van der Waals surface area contributed by atoms with Crippen molar-refractivity contribution in [2.45, 2.75) is 22.3 Å². The van der Waals surface area contributed by atoms with Gasteiger partial charge in [0.1, 0.15) is 6.04 Å². The second-order valence-corrected chi connectivity index (χ2v) is 9.15. The third-order valence-electron chi connectivity index (χ3n) is 3.41. The summed E-state index contributed by atoms with van der Waals surface area (Å²) in [5.41, 5.74) is 1.11. The highest BCUT2D eigenvalue weighted by molar-refractivity contribution is 9.10. The van der Waals surface area contributed by atoms with Gasteiger partial charge in [-0.3, -0.25) is 10.1 Å². The van der Waals surface area contributed by atoms with Gasteiger partial charge in [-0.2, -0.15) is 4.72 Å². The Morgan fingerprint density at radius 3 is 2.24 bits per heavy atom. The molecule has 1 N–H and O–H groups in total. The normalized spacial score (nSPS) is 13.4. The van der Waals surface area contributed by atoms with Gasteiger partial charge >= 0.3 is 4.46 Å². The van der Waals surface area contributed by atoms with Gasteiger partial charge < -0.3 is 0 Å². The van der Waals surface area contributed by atoms with Crippen molar-refractivity contribution in [3.63, 3.8) is 0 Å². The number of aryl methyl sites for hydroxylation is 1. The van der Waals surface area contributed by atoms with Crippen LogP contribution in [0.4, 0.5) is 0 Å². The highest BCUT2D eigenvalue weighted by atomic mass is 79.9. The topological polar surface area (TPSA) is 89.3 Å². The summed E-state index contributed by atoms with van der Waals surface area (Å²) in [5, 5.41) is 11.3. The van der Waals surface area contributed by atoms with Gasteiger partial charge in [0.2, 0.25) is 10.0 Å². The molecule has 10 heteroatoms. The molecule has 0 amide bonds. The first-order valence-corrected chi connectivity index (χ1v) is 9.94. The van der Waals surface area contributed by atoms with E-state index >= 15 is 0 Å². The molecule has 0 unspecified atom stereocenters. The minimum absolute atomic E-state index is 0.0531. The summed E-state index contributed by atoms with van der Waals surface area (Å²) < 4.78 is 25.3. The lowest BCUT2D eigenvalue weighted by molar-refractivity contribution is -0.520. The number of alkyl halides is 2. The van der Waals surface area contributed by atoms with Crippen molar-refractivity contribution in [3.05, 3.63) is 74.2 Å². The lowest BCUT2D eigenvalue weighted by Crippen LogP contribution is -2.44. The fourth-order valence-corrected chi connectivity index (χ4v) is 4.30. The molecule has 2 aromatic carbocycles. The van der Waals surface area contributed by atoms with Crippen molar-refractivity contribution in [2.75, 3.05) is 0 Å². The van der Waals surface area contributed by atoms with Crippen LogP contribution in [-0.2, 0) is 10.0 Å². The van der Waals surface area contributed by atoms with Crippen molar-refractivity contribution in [2.24, 2.45) is 0 Å². The number of nitro groups is 1. The second-order valence-electron chi connectivity index (χ2n) is 5.23. The molecular formula is C15H13BrCl2N2O4S. The Kier molecular flexibility index (Phi) is 6.11. The van der Waals surface area contributed by atoms with Crippen molar-refractivity contribution < 1.29 is 13.3 Å². The Labute approximate surface area is 163 Å². The fourth-order valence-electron chi connectivity index (χ4n) is 2.08. The van der Waals surface area contributed by atoms with Gasteiger partial charge in [0.15, 0.2) is 0 Å². The van der Waals surface area contributed by atoms with E-state index in [4.69, 9.17) is 23.2 Å². The summed E-state index contributed by atoms with van der Waals surface area (Å²) in [7, 11) is -4.10. The zero-order chi connectivity index (χ0) is 18.8. The Morgan fingerprint density at radius 2 is 1.72 bits per heavy atom.